The highest BCUT2D eigenvalue weighted by atomic mass is 32.2. The summed E-state index contributed by atoms with van der Waals surface area (Å²) in [6, 6.07) is 0.789. The van der Waals surface area contributed by atoms with Crippen LogP contribution in [0.2, 0.25) is 0 Å². The van der Waals surface area contributed by atoms with Gasteiger partial charge in [-0.05, 0) is 18.6 Å². The lowest BCUT2D eigenvalue weighted by molar-refractivity contribution is 0.477. The van der Waals surface area contributed by atoms with Crippen LogP contribution in [-0.2, 0) is 9.84 Å². The SMILES string of the molecule is O=S1(=O)CCC(NC2CCSC2)C1. The predicted molar refractivity (Wildman–Crippen MR) is 55.9 cm³/mol. The Labute approximate surface area is 83.6 Å². The van der Waals surface area contributed by atoms with Gasteiger partial charge in [0.05, 0.1) is 11.5 Å². The van der Waals surface area contributed by atoms with Crippen molar-refractivity contribution in [3.63, 3.8) is 0 Å². The first-order valence-electron chi connectivity index (χ1n) is 4.70. The van der Waals surface area contributed by atoms with Gasteiger partial charge in [0.25, 0.3) is 0 Å². The maximum atomic E-state index is 11.2. The van der Waals surface area contributed by atoms with Gasteiger partial charge >= 0.3 is 0 Å². The summed E-state index contributed by atoms with van der Waals surface area (Å²) in [5.74, 6) is 3.10. The van der Waals surface area contributed by atoms with Gasteiger partial charge in [-0.2, -0.15) is 11.8 Å². The molecule has 0 aromatic heterocycles. The summed E-state index contributed by atoms with van der Waals surface area (Å²) in [5.41, 5.74) is 0. The lowest BCUT2D eigenvalue weighted by Crippen LogP contribution is -2.38. The van der Waals surface area contributed by atoms with E-state index in [2.05, 4.69) is 5.32 Å². The standard InChI is InChI=1S/C8H15NO2S2/c10-13(11)4-2-8(6-13)9-7-1-3-12-5-7/h7-9H,1-6H2. The lowest BCUT2D eigenvalue weighted by Gasteiger charge is -2.16. The van der Waals surface area contributed by atoms with Crippen LogP contribution in [0.1, 0.15) is 12.8 Å². The summed E-state index contributed by atoms with van der Waals surface area (Å²) in [5, 5.41) is 3.43. The fourth-order valence-corrected chi connectivity index (χ4v) is 4.78. The molecule has 5 heteroatoms. The molecule has 2 unspecified atom stereocenters. The molecule has 2 aliphatic heterocycles. The van der Waals surface area contributed by atoms with Gasteiger partial charge in [-0.1, -0.05) is 0 Å². The van der Waals surface area contributed by atoms with Crippen LogP contribution in [-0.4, -0.2) is 43.5 Å². The summed E-state index contributed by atoms with van der Waals surface area (Å²) in [6.07, 6.45) is 2.00. The third kappa shape index (κ3) is 2.60. The van der Waals surface area contributed by atoms with Gasteiger partial charge in [0.1, 0.15) is 0 Å². The Kier molecular flexibility index (Phi) is 2.86. The first-order valence-corrected chi connectivity index (χ1v) is 7.67. The molecule has 2 fully saturated rings. The third-order valence-electron chi connectivity index (χ3n) is 2.63. The number of hydrogen-bond donors (Lipinski definition) is 1. The van der Waals surface area contributed by atoms with E-state index in [1.807, 2.05) is 11.8 Å². The van der Waals surface area contributed by atoms with E-state index >= 15 is 0 Å². The molecule has 3 nitrogen and oxygen atoms in total. The minimum atomic E-state index is -2.71. The highest BCUT2D eigenvalue weighted by Gasteiger charge is 2.29. The average Bonchev–Trinajstić information content (AvgIpc) is 2.61. The Balaban J connectivity index is 1.83. The van der Waals surface area contributed by atoms with Crippen molar-refractivity contribution in [3.8, 4) is 0 Å². The number of nitrogens with one attached hydrogen (secondary N) is 1. The predicted octanol–water partition coefficient (Wildman–Crippen LogP) is 0.269. The minimum absolute atomic E-state index is 0.230. The van der Waals surface area contributed by atoms with E-state index in [1.54, 1.807) is 0 Å². The summed E-state index contributed by atoms with van der Waals surface area (Å²) in [7, 11) is -2.71. The minimum Gasteiger partial charge on any atom is -0.309 e. The molecule has 2 aliphatic rings. The Morgan fingerprint density at radius 3 is 2.62 bits per heavy atom. The highest BCUT2D eigenvalue weighted by molar-refractivity contribution is 7.99. The second kappa shape index (κ2) is 3.79. The van der Waals surface area contributed by atoms with Crippen molar-refractivity contribution >= 4 is 21.6 Å². The zero-order chi connectivity index (χ0) is 9.31. The molecule has 0 aromatic rings. The highest BCUT2D eigenvalue weighted by Crippen LogP contribution is 2.20. The normalized spacial score (nSPS) is 38.2. The third-order valence-corrected chi connectivity index (χ3v) is 5.56. The van der Waals surface area contributed by atoms with Crippen molar-refractivity contribution in [2.75, 3.05) is 23.0 Å². The molecule has 2 rings (SSSR count). The van der Waals surface area contributed by atoms with Crippen molar-refractivity contribution < 1.29 is 8.42 Å². The van der Waals surface area contributed by atoms with Crippen LogP contribution in [0.25, 0.3) is 0 Å². The van der Waals surface area contributed by atoms with Crippen LogP contribution in [0, 0.1) is 0 Å². The largest absolute Gasteiger partial charge is 0.309 e. The van der Waals surface area contributed by atoms with Crippen molar-refractivity contribution in [2.45, 2.75) is 24.9 Å². The first-order chi connectivity index (χ1) is 6.16. The Morgan fingerprint density at radius 2 is 2.08 bits per heavy atom. The van der Waals surface area contributed by atoms with E-state index in [0.717, 1.165) is 12.2 Å². The summed E-state index contributed by atoms with van der Waals surface area (Å²) in [6.45, 7) is 0. The van der Waals surface area contributed by atoms with Crippen molar-refractivity contribution in [3.05, 3.63) is 0 Å². The summed E-state index contributed by atoms with van der Waals surface area (Å²) >= 11 is 1.95. The molecule has 0 bridgehead atoms. The number of rotatable bonds is 2. The molecule has 0 saturated carbocycles. The van der Waals surface area contributed by atoms with Gasteiger partial charge in [-0.15, -0.1) is 0 Å². The Hall–Kier alpha value is 0.260. The molecule has 2 atom stereocenters. The van der Waals surface area contributed by atoms with Crippen molar-refractivity contribution in [2.24, 2.45) is 0 Å². The van der Waals surface area contributed by atoms with E-state index in [1.165, 1.54) is 12.2 Å². The second-order valence-electron chi connectivity index (χ2n) is 3.83. The monoisotopic (exact) mass is 221 g/mol. The van der Waals surface area contributed by atoms with E-state index in [-0.39, 0.29) is 6.04 Å². The molecular weight excluding hydrogens is 206 g/mol. The number of thioether (sulfide) groups is 1. The van der Waals surface area contributed by atoms with Crippen molar-refractivity contribution in [1.29, 1.82) is 0 Å². The molecule has 0 spiro atoms. The quantitative estimate of drug-likeness (QED) is 0.727. The molecule has 2 saturated heterocycles. The van der Waals surface area contributed by atoms with Gasteiger partial charge in [0.2, 0.25) is 0 Å². The zero-order valence-electron chi connectivity index (χ0n) is 7.53. The van der Waals surface area contributed by atoms with E-state index < -0.39 is 9.84 Å². The molecule has 0 aliphatic carbocycles. The molecule has 0 amide bonds. The second-order valence-corrected chi connectivity index (χ2v) is 7.21. The molecule has 0 radical (unpaired) electrons. The van der Waals surface area contributed by atoms with Gasteiger partial charge in [-0.25, -0.2) is 8.42 Å². The smallest absolute Gasteiger partial charge is 0.151 e. The van der Waals surface area contributed by atoms with E-state index in [0.29, 0.717) is 17.5 Å². The van der Waals surface area contributed by atoms with E-state index in [9.17, 15) is 8.42 Å². The average molecular weight is 221 g/mol. The van der Waals surface area contributed by atoms with Crippen molar-refractivity contribution in [1.82, 2.24) is 5.32 Å². The number of sulfone groups is 1. The van der Waals surface area contributed by atoms with E-state index in [4.69, 9.17) is 0 Å². The van der Waals surface area contributed by atoms with Crippen LogP contribution < -0.4 is 5.32 Å². The summed E-state index contributed by atoms with van der Waals surface area (Å²) < 4.78 is 22.3. The Bertz CT molecular complexity index is 270. The lowest BCUT2D eigenvalue weighted by atomic mass is 10.2. The first kappa shape index (κ1) is 9.80. The van der Waals surface area contributed by atoms with Crippen LogP contribution in [0.3, 0.4) is 0 Å². The maximum Gasteiger partial charge on any atom is 0.151 e. The van der Waals surface area contributed by atoms with Gasteiger partial charge < -0.3 is 5.32 Å². The van der Waals surface area contributed by atoms with Crippen LogP contribution >= 0.6 is 11.8 Å². The molecule has 0 aromatic carbocycles. The fourth-order valence-electron chi connectivity index (χ4n) is 1.93. The molecule has 1 N–H and O–H groups in total. The van der Waals surface area contributed by atoms with Gasteiger partial charge in [0, 0.05) is 17.8 Å². The number of hydrogen-bond acceptors (Lipinski definition) is 4. The van der Waals surface area contributed by atoms with Gasteiger partial charge in [-0.3, -0.25) is 0 Å². The fraction of sp³-hybridized carbons (Fsp3) is 1.00. The van der Waals surface area contributed by atoms with Crippen LogP contribution in [0.5, 0.6) is 0 Å². The maximum absolute atomic E-state index is 11.2. The topological polar surface area (TPSA) is 46.2 Å². The molecule has 13 heavy (non-hydrogen) atoms. The van der Waals surface area contributed by atoms with Crippen LogP contribution in [0.4, 0.5) is 0 Å². The molecule has 2 heterocycles. The molecular formula is C8H15NO2S2. The Morgan fingerprint density at radius 1 is 1.23 bits per heavy atom. The molecule has 76 valence electrons. The van der Waals surface area contributed by atoms with Gasteiger partial charge in [0.15, 0.2) is 9.84 Å². The van der Waals surface area contributed by atoms with Crippen LogP contribution in [0.15, 0.2) is 0 Å². The summed E-state index contributed by atoms with van der Waals surface area (Å²) in [4.78, 5) is 0. The zero-order valence-corrected chi connectivity index (χ0v) is 9.16.